The number of carboxylic acids is 1. The molecule has 2 fully saturated rings. The van der Waals surface area contributed by atoms with E-state index in [1.54, 1.807) is 12.1 Å². The van der Waals surface area contributed by atoms with Gasteiger partial charge in [-0.25, -0.2) is 9.82 Å². The summed E-state index contributed by atoms with van der Waals surface area (Å²) in [4.78, 5) is 11.4. The maximum absolute atomic E-state index is 14.7. The van der Waals surface area contributed by atoms with Crippen molar-refractivity contribution in [1.29, 1.82) is 0 Å². The number of benzene rings is 2. The first-order chi connectivity index (χ1) is 12.5. The zero-order valence-electron chi connectivity index (χ0n) is 14.1. The Hall–Kier alpha value is -2.44. The number of para-hydroxylation sites is 1. The zero-order valence-corrected chi connectivity index (χ0v) is 14.1. The molecule has 0 bridgehead atoms. The van der Waals surface area contributed by atoms with Crippen LogP contribution in [0.2, 0.25) is 0 Å². The van der Waals surface area contributed by atoms with Crippen LogP contribution in [0.15, 0.2) is 48.5 Å². The number of hydrogen-bond donors (Lipinski definition) is 4. The Kier molecular flexibility index (Phi) is 4.38. The molecule has 26 heavy (non-hydrogen) atoms. The minimum atomic E-state index is -1.02. The number of rotatable bonds is 3. The van der Waals surface area contributed by atoms with Gasteiger partial charge in [0.25, 0.3) is 0 Å². The first-order valence-corrected chi connectivity index (χ1v) is 8.81. The van der Waals surface area contributed by atoms with Gasteiger partial charge in [0.05, 0.1) is 0 Å². The van der Waals surface area contributed by atoms with Crippen molar-refractivity contribution in [2.75, 3.05) is 0 Å². The molecule has 5 nitrogen and oxygen atoms in total. The average Bonchev–Trinajstić information content (AvgIpc) is 3.04. The Morgan fingerprint density at radius 2 is 1.77 bits per heavy atom. The van der Waals surface area contributed by atoms with Crippen molar-refractivity contribution in [2.24, 2.45) is 5.92 Å². The number of hydrazine groups is 1. The van der Waals surface area contributed by atoms with E-state index >= 15 is 0 Å². The van der Waals surface area contributed by atoms with Crippen LogP contribution in [0.3, 0.4) is 0 Å². The maximum Gasteiger partial charge on any atom is 0.322 e. The van der Waals surface area contributed by atoms with E-state index in [0.717, 1.165) is 16.7 Å². The lowest BCUT2D eigenvalue weighted by Crippen LogP contribution is -2.41. The van der Waals surface area contributed by atoms with Gasteiger partial charge < -0.3 is 10.2 Å². The van der Waals surface area contributed by atoms with Crippen LogP contribution in [0.1, 0.15) is 24.3 Å². The normalized spacial score (nSPS) is 30.7. The number of halogens is 1. The fourth-order valence-corrected chi connectivity index (χ4v) is 4.24. The second kappa shape index (κ2) is 6.70. The van der Waals surface area contributed by atoms with Crippen molar-refractivity contribution in [2.45, 2.75) is 37.0 Å². The van der Waals surface area contributed by atoms with E-state index in [4.69, 9.17) is 0 Å². The number of phenols is 1. The molecule has 5 atom stereocenters. The van der Waals surface area contributed by atoms with Crippen molar-refractivity contribution in [3.05, 3.63) is 54.1 Å². The molecule has 1 saturated carbocycles. The van der Waals surface area contributed by atoms with Crippen LogP contribution in [0.4, 0.5) is 4.39 Å². The summed E-state index contributed by atoms with van der Waals surface area (Å²) in [6.07, 6.45) is -0.236. The molecular weight excluding hydrogens is 335 g/mol. The molecule has 1 aliphatic heterocycles. The van der Waals surface area contributed by atoms with Crippen molar-refractivity contribution >= 4 is 5.97 Å². The molecule has 1 aliphatic carbocycles. The second-order valence-corrected chi connectivity index (χ2v) is 7.11. The highest BCUT2D eigenvalue weighted by atomic mass is 19.1. The molecule has 4 rings (SSSR count). The number of phenolic OH excluding ortho intramolecular Hbond substituents is 1. The van der Waals surface area contributed by atoms with Gasteiger partial charge in [-0.3, -0.25) is 10.2 Å². The fourth-order valence-electron chi connectivity index (χ4n) is 4.24. The molecule has 2 aliphatic rings. The van der Waals surface area contributed by atoms with Gasteiger partial charge in [0.15, 0.2) is 0 Å². The summed E-state index contributed by atoms with van der Waals surface area (Å²) in [5.41, 5.74) is 8.18. The van der Waals surface area contributed by atoms with Gasteiger partial charge in [-0.1, -0.05) is 42.5 Å². The second-order valence-electron chi connectivity index (χ2n) is 7.11. The number of carbonyl (C=O) groups is 1. The molecule has 0 spiro atoms. The number of aromatic hydroxyl groups is 1. The molecule has 136 valence electrons. The van der Waals surface area contributed by atoms with Gasteiger partial charge in [0.2, 0.25) is 0 Å². The Balaban J connectivity index is 1.57. The third kappa shape index (κ3) is 2.95. The molecule has 0 radical (unpaired) electrons. The summed E-state index contributed by atoms with van der Waals surface area (Å²) >= 11 is 0. The van der Waals surface area contributed by atoms with Gasteiger partial charge in [-0.2, -0.15) is 0 Å². The van der Waals surface area contributed by atoms with E-state index in [1.807, 2.05) is 36.4 Å². The summed E-state index contributed by atoms with van der Waals surface area (Å²) in [5, 5.41) is 19.3. The maximum atomic E-state index is 14.7. The standard InChI is InChI=1S/C20H21FN2O3/c21-16-10-17-15(19(20(25)26)23-22-17)9-14(16)12-7-5-11(6-8-12)13-3-1-2-4-18(13)24/h1-8,14-17,19,22-24H,9-10H2,(H,25,26). The number of nitrogens with one attached hydrogen (secondary N) is 2. The predicted octanol–water partition coefficient (Wildman–Crippen LogP) is 2.82. The lowest BCUT2D eigenvalue weighted by Gasteiger charge is -2.35. The van der Waals surface area contributed by atoms with E-state index in [9.17, 15) is 19.4 Å². The quantitative estimate of drug-likeness (QED) is 0.680. The minimum absolute atomic E-state index is 0.137. The highest BCUT2D eigenvalue weighted by molar-refractivity contribution is 5.74. The molecule has 6 heteroatoms. The highest BCUT2D eigenvalue weighted by Crippen LogP contribution is 2.42. The number of fused-ring (bicyclic) bond motifs is 1. The Labute approximate surface area is 150 Å². The molecule has 2 aromatic carbocycles. The van der Waals surface area contributed by atoms with Crippen LogP contribution < -0.4 is 10.9 Å². The van der Waals surface area contributed by atoms with E-state index in [0.29, 0.717) is 12.8 Å². The first kappa shape index (κ1) is 17.0. The lowest BCUT2D eigenvalue weighted by atomic mass is 9.72. The Morgan fingerprint density at radius 1 is 1.04 bits per heavy atom. The highest BCUT2D eigenvalue weighted by Gasteiger charge is 2.47. The predicted molar refractivity (Wildman–Crippen MR) is 95.4 cm³/mol. The molecule has 2 aromatic rings. The Bertz CT molecular complexity index is 811. The van der Waals surface area contributed by atoms with Crippen LogP contribution in [0.5, 0.6) is 5.75 Å². The third-order valence-corrected chi connectivity index (χ3v) is 5.63. The van der Waals surface area contributed by atoms with Gasteiger partial charge in [0.1, 0.15) is 18.0 Å². The summed E-state index contributed by atoms with van der Waals surface area (Å²) in [6, 6.07) is 13.8. The van der Waals surface area contributed by atoms with Crippen LogP contribution in [-0.2, 0) is 4.79 Å². The van der Waals surface area contributed by atoms with Crippen molar-refractivity contribution in [1.82, 2.24) is 10.9 Å². The smallest absolute Gasteiger partial charge is 0.322 e. The number of carboxylic acid groups (broad SMARTS) is 1. The number of alkyl halides is 1. The lowest BCUT2D eigenvalue weighted by molar-refractivity contribution is -0.140. The topological polar surface area (TPSA) is 81.6 Å². The van der Waals surface area contributed by atoms with Crippen molar-refractivity contribution in [3.63, 3.8) is 0 Å². The van der Waals surface area contributed by atoms with Crippen LogP contribution in [0, 0.1) is 5.92 Å². The van der Waals surface area contributed by atoms with Crippen LogP contribution in [-0.4, -0.2) is 34.4 Å². The molecule has 1 heterocycles. The largest absolute Gasteiger partial charge is 0.507 e. The molecule has 0 amide bonds. The summed E-state index contributed by atoms with van der Waals surface area (Å²) in [5.74, 6) is -1.16. The number of aliphatic carboxylic acids is 1. The molecule has 0 aromatic heterocycles. The van der Waals surface area contributed by atoms with Crippen molar-refractivity contribution in [3.8, 4) is 16.9 Å². The van der Waals surface area contributed by atoms with E-state index in [1.165, 1.54) is 0 Å². The van der Waals surface area contributed by atoms with Gasteiger partial charge in [-0.15, -0.1) is 0 Å². The Morgan fingerprint density at radius 3 is 2.46 bits per heavy atom. The molecule has 5 unspecified atom stereocenters. The summed E-state index contributed by atoms with van der Waals surface area (Å²) in [6.45, 7) is 0. The first-order valence-electron chi connectivity index (χ1n) is 8.81. The van der Waals surface area contributed by atoms with Gasteiger partial charge in [-0.05, 0) is 30.0 Å². The summed E-state index contributed by atoms with van der Waals surface area (Å²) in [7, 11) is 0. The average molecular weight is 356 g/mol. The monoisotopic (exact) mass is 356 g/mol. The molecule has 1 saturated heterocycles. The zero-order chi connectivity index (χ0) is 18.3. The van der Waals surface area contributed by atoms with Crippen LogP contribution in [0.25, 0.3) is 11.1 Å². The van der Waals surface area contributed by atoms with E-state index in [2.05, 4.69) is 10.9 Å². The molecule has 4 N–H and O–H groups in total. The minimum Gasteiger partial charge on any atom is -0.507 e. The van der Waals surface area contributed by atoms with E-state index in [-0.39, 0.29) is 23.6 Å². The number of hydrogen-bond acceptors (Lipinski definition) is 4. The fraction of sp³-hybridized carbons (Fsp3) is 0.350. The SMILES string of the molecule is O=C(O)C1NNC2CC(F)C(c3ccc(-c4ccccc4O)cc3)CC21. The third-order valence-electron chi connectivity index (χ3n) is 5.63. The van der Waals surface area contributed by atoms with Crippen molar-refractivity contribution < 1.29 is 19.4 Å². The van der Waals surface area contributed by atoms with Gasteiger partial charge in [0, 0.05) is 23.4 Å². The van der Waals surface area contributed by atoms with Crippen LogP contribution >= 0.6 is 0 Å². The summed E-state index contributed by atoms with van der Waals surface area (Å²) < 4.78 is 14.7. The van der Waals surface area contributed by atoms with Gasteiger partial charge >= 0.3 is 5.97 Å². The van der Waals surface area contributed by atoms with E-state index < -0.39 is 18.2 Å². The molecular formula is C20H21FN2O3.